The Morgan fingerprint density at radius 2 is 1.57 bits per heavy atom. The average Bonchev–Trinajstić information content (AvgIpc) is 2.31. The van der Waals surface area contributed by atoms with Gasteiger partial charge in [0.25, 0.3) is 0 Å². The van der Waals surface area contributed by atoms with Crippen LogP contribution in [0.5, 0.6) is 0 Å². The Hall–Kier alpha value is -1.21. The molecule has 0 aliphatic rings. The van der Waals surface area contributed by atoms with Crippen molar-refractivity contribution in [3.63, 3.8) is 0 Å². The maximum Gasteiger partial charge on any atom is 0.246 e. The van der Waals surface area contributed by atoms with Crippen LogP contribution in [0, 0.1) is 23.5 Å². The lowest BCUT2D eigenvalue weighted by Gasteiger charge is -2.26. The van der Waals surface area contributed by atoms with Gasteiger partial charge in [0.15, 0.2) is 11.6 Å². The lowest BCUT2D eigenvalue weighted by atomic mass is 10.2. The third kappa shape index (κ3) is 4.38. The molecular weight excluding hydrogens is 298 g/mol. The van der Waals surface area contributed by atoms with Gasteiger partial charge in [-0.05, 0) is 24.0 Å². The van der Waals surface area contributed by atoms with Gasteiger partial charge in [-0.3, -0.25) is 0 Å². The number of rotatable bonds is 6. The molecule has 0 aliphatic carbocycles. The number of halogens is 2. The molecule has 4 nitrogen and oxygen atoms in total. The second-order valence-corrected chi connectivity index (χ2v) is 7.83. The quantitative estimate of drug-likeness (QED) is 0.820. The highest BCUT2D eigenvalue weighted by Crippen LogP contribution is 2.25. The summed E-state index contributed by atoms with van der Waals surface area (Å²) in [5, 5.41) is 0. The maximum atomic E-state index is 13.9. The van der Waals surface area contributed by atoms with Crippen LogP contribution in [-0.2, 0) is 10.0 Å². The van der Waals surface area contributed by atoms with Crippen molar-refractivity contribution in [3.8, 4) is 0 Å². The number of nitrogen functional groups attached to an aromatic ring is 1. The molecule has 0 unspecified atom stereocenters. The zero-order chi connectivity index (χ0) is 16.4. The highest BCUT2D eigenvalue weighted by atomic mass is 32.2. The van der Waals surface area contributed by atoms with Crippen LogP contribution in [0.1, 0.15) is 27.7 Å². The Kier molecular flexibility index (Phi) is 5.69. The van der Waals surface area contributed by atoms with E-state index in [0.29, 0.717) is 0 Å². The van der Waals surface area contributed by atoms with Crippen LogP contribution in [-0.4, -0.2) is 25.8 Å². The van der Waals surface area contributed by atoms with E-state index < -0.39 is 26.6 Å². The highest BCUT2D eigenvalue weighted by molar-refractivity contribution is 7.89. The molecule has 1 aromatic carbocycles. The number of nitrogens with two attached hydrogens (primary N) is 1. The number of hydrogen-bond donors (Lipinski definition) is 1. The van der Waals surface area contributed by atoms with Crippen molar-refractivity contribution >= 4 is 15.7 Å². The van der Waals surface area contributed by atoms with E-state index in [0.717, 1.165) is 12.1 Å². The molecule has 7 heteroatoms. The van der Waals surface area contributed by atoms with Crippen LogP contribution >= 0.6 is 0 Å². The van der Waals surface area contributed by atoms with Crippen LogP contribution < -0.4 is 5.73 Å². The van der Waals surface area contributed by atoms with Gasteiger partial charge in [-0.2, -0.15) is 4.31 Å². The first-order chi connectivity index (χ1) is 9.55. The molecule has 0 bridgehead atoms. The predicted octanol–water partition coefficient (Wildman–Crippen LogP) is 2.85. The van der Waals surface area contributed by atoms with Gasteiger partial charge in [-0.25, -0.2) is 17.2 Å². The van der Waals surface area contributed by atoms with Crippen LogP contribution in [0.3, 0.4) is 0 Å². The molecule has 0 aliphatic heterocycles. The fourth-order valence-electron chi connectivity index (χ4n) is 2.00. The van der Waals surface area contributed by atoms with E-state index in [1.165, 1.54) is 4.31 Å². The topological polar surface area (TPSA) is 63.4 Å². The van der Waals surface area contributed by atoms with Gasteiger partial charge < -0.3 is 5.73 Å². The van der Waals surface area contributed by atoms with Crippen molar-refractivity contribution in [1.82, 2.24) is 4.31 Å². The molecule has 0 radical (unpaired) electrons. The summed E-state index contributed by atoms with van der Waals surface area (Å²) in [7, 11) is -4.13. The summed E-state index contributed by atoms with van der Waals surface area (Å²) in [6, 6.07) is 1.73. The van der Waals surface area contributed by atoms with Gasteiger partial charge in [0.05, 0.1) is 0 Å². The summed E-state index contributed by atoms with van der Waals surface area (Å²) >= 11 is 0. The van der Waals surface area contributed by atoms with Crippen molar-refractivity contribution in [2.45, 2.75) is 32.6 Å². The highest BCUT2D eigenvalue weighted by Gasteiger charge is 2.30. The minimum atomic E-state index is -4.13. The van der Waals surface area contributed by atoms with E-state index in [2.05, 4.69) is 0 Å². The Morgan fingerprint density at radius 1 is 1.10 bits per heavy atom. The summed E-state index contributed by atoms with van der Waals surface area (Å²) in [6.45, 7) is 7.91. The zero-order valence-electron chi connectivity index (χ0n) is 12.7. The van der Waals surface area contributed by atoms with Crippen LogP contribution in [0.15, 0.2) is 17.0 Å². The molecule has 0 spiro atoms. The minimum absolute atomic E-state index is 0.0625. The standard InChI is InChI=1S/C14H22F2N2O2S/c1-9(2)7-18(8-10(3)4)21(19,20)13-6-11(17)5-12(15)14(13)16/h5-6,9-10H,7-8,17H2,1-4H3. The average molecular weight is 320 g/mol. The van der Waals surface area contributed by atoms with Crippen molar-refractivity contribution < 1.29 is 17.2 Å². The summed E-state index contributed by atoms with van der Waals surface area (Å²) in [5.41, 5.74) is 5.31. The first-order valence-corrected chi connectivity index (χ1v) is 8.24. The number of nitrogens with zero attached hydrogens (tertiary/aromatic N) is 1. The Balaban J connectivity index is 3.35. The van der Waals surface area contributed by atoms with Crippen LogP contribution in [0.25, 0.3) is 0 Å². The molecule has 0 saturated carbocycles. The van der Waals surface area contributed by atoms with E-state index in [-0.39, 0.29) is 30.6 Å². The van der Waals surface area contributed by atoms with Gasteiger partial charge in [0.2, 0.25) is 10.0 Å². The Labute approximate surface area is 125 Å². The third-order valence-electron chi connectivity index (χ3n) is 2.77. The summed E-state index contributed by atoms with van der Waals surface area (Å²) in [6.07, 6.45) is 0. The van der Waals surface area contributed by atoms with Crippen molar-refractivity contribution in [2.24, 2.45) is 11.8 Å². The Morgan fingerprint density at radius 3 is 2.00 bits per heavy atom. The van der Waals surface area contributed by atoms with Crippen LogP contribution in [0.2, 0.25) is 0 Å². The van der Waals surface area contributed by atoms with Crippen molar-refractivity contribution in [2.75, 3.05) is 18.8 Å². The molecule has 0 atom stereocenters. The molecule has 120 valence electrons. The van der Waals surface area contributed by atoms with Gasteiger partial charge in [0, 0.05) is 18.8 Å². The fraction of sp³-hybridized carbons (Fsp3) is 0.571. The minimum Gasteiger partial charge on any atom is -0.399 e. The second-order valence-electron chi connectivity index (χ2n) is 5.92. The van der Waals surface area contributed by atoms with Crippen LogP contribution in [0.4, 0.5) is 14.5 Å². The molecular formula is C14H22F2N2O2S. The number of anilines is 1. The molecule has 0 saturated heterocycles. The molecule has 1 rings (SSSR count). The largest absolute Gasteiger partial charge is 0.399 e. The van der Waals surface area contributed by atoms with Crippen molar-refractivity contribution in [3.05, 3.63) is 23.8 Å². The smallest absolute Gasteiger partial charge is 0.246 e. The summed E-state index contributed by atoms with van der Waals surface area (Å²) in [4.78, 5) is -0.707. The zero-order valence-corrected chi connectivity index (χ0v) is 13.5. The summed E-state index contributed by atoms with van der Waals surface area (Å²) in [5.74, 6) is -2.52. The second kappa shape index (κ2) is 6.70. The lowest BCUT2D eigenvalue weighted by molar-refractivity contribution is 0.331. The van der Waals surface area contributed by atoms with Gasteiger partial charge in [-0.1, -0.05) is 27.7 Å². The Bertz CT molecular complexity index is 591. The van der Waals surface area contributed by atoms with E-state index in [9.17, 15) is 17.2 Å². The van der Waals surface area contributed by atoms with Gasteiger partial charge >= 0.3 is 0 Å². The van der Waals surface area contributed by atoms with Gasteiger partial charge in [0.1, 0.15) is 4.90 Å². The molecule has 0 amide bonds. The first-order valence-electron chi connectivity index (χ1n) is 6.80. The van der Waals surface area contributed by atoms with E-state index in [1.807, 2.05) is 27.7 Å². The molecule has 0 aromatic heterocycles. The van der Waals surface area contributed by atoms with E-state index >= 15 is 0 Å². The predicted molar refractivity (Wildman–Crippen MR) is 79.2 cm³/mol. The SMILES string of the molecule is CC(C)CN(CC(C)C)S(=O)(=O)c1cc(N)cc(F)c1F. The normalized spacial score (nSPS) is 12.6. The molecule has 21 heavy (non-hydrogen) atoms. The van der Waals surface area contributed by atoms with Crippen molar-refractivity contribution in [1.29, 1.82) is 0 Å². The summed E-state index contributed by atoms with van der Waals surface area (Å²) < 4.78 is 53.7. The monoisotopic (exact) mass is 320 g/mol. The fourth-order valence-corrected chi connectivity index (χ4v) is 3.87. The van der Waals surface area contributed by atoms with Gasteiger partial charge in [-0.15, -0.1) is 0 Å². The maximum absolute atomic E-state index is 13.9. The number of hydrogen-bond acceptors (Lipinski definition) is 3. The van der Waals surface area contributed by atoms with E-state index in [4.69, 9.17) is 5.73 Å². The first kappa shape index (κ1) is 17.8. The molecule has 0 heterocycles. The van der Waals surface area contributed by atoms with E-state index in [1.54, 1.807) is 0 Å². The third-order valence-corrected chi connectivity index (χ3v) is 4.60. The lowest BCUT2D eigenvalue weighted by Crippen LogP contribution is -2.37. The number of benzene rings is 1. The molecule has 1 aromatic rings. The molecule has 2 N–H and O–H groups in total. The molecule has 0 fully saturated rings. The number of sulfonamides is 1.